The van der Waals surface area contributed by atoms with Gasteiger partial charge in [-0.3, -0.25) is 0 Å². The molecule has 0 aliphatic rings. The summed E-state index contributed by atoms with van der Waals surface area (Å²) in [5, 5.41) is 5.01. The van der Waals surface area contributed by atoms with E-state index in [0.29, 0.717) is 0 Å². The van der Waals surface area contributed by atoms with Crippen molar-refractivity contribution in [2.45, 2.75) is 6.92 Å². The molecule has 0 spiro atoms. The van der Waals surface area contributed by atoms with Crippen LogP contribution >= 0.6 is 0 Å². The van der Waals surface area contributed by atoms with E-state index < -0.39 is 0 Å². The van der Waals surface area contributed by atoms with Crippen molar-refractivity contribution in [2.75, 3.05) is 11.9 Å². The molecule has 6 rings (SSSR count). The van der Waals surface area contributed by atoms with Gasteiger partial charge in [-0.2, -0.15) is 0 Å². The maximum absolute atomic E-state index is 4.72. The molecule has 5 aromatic carbocycles. The molecule has 6 aromatic rings. The van der Waals surface area contributed by atoms with Crippen molar-refractivity contribution in [1.82, 2.24) is 4.57 Å². The van der Waals surface area contributed by atoms with Gasteiger partial charge >= 0.3 is 0 Å². The molecule has 0 fully saturated rings. The number of para-hydroxylation sites is 1. The van der Waals surface area contributed by atoms with Crippen molar-refractivity contribution in [1.29, 1.82) is 0 Å². The van der Waals surface area contributed by atoms with Gasteiger partial charge in [-0.15, -0.1) is 0 Å². The third-order valence-electron chi connectivity index (χ3n) is 6.85. The second-order valence-corrected chi connectivity index (χ2v) is 9.15. The minimum absolute atomic E-state index is 0.738. The molecular formula is C33H27N3. The van der Waals surface area contributed by atoms with E-state index in [1.54, 1.807) is 0 Å². The molecule has 0 aliphatic heterocycles. The van der Waals surface area contributed by atoms with Crippen LogP contribution in [0.5, 0.6) is 0 Å². The van der Waals surface area contributed by atoms with Gasteiger partial charge in [0, 0.05) is 23.5 Å². The van der Waals surface area contributed by atoms with Crippen molar-refractivity contribution < 1.29 is 0 Å². The first-order chi connectivity index (χ1) is 17.6. The third kappa shape index (κ3) is 3.57. The summed E-state index contributed by atoms with van der Waals surface area (Å²) in [5.74, 6) is 0. The molecule has 36 heavy (non-hydrogen) atoms. The summed E-state index contributed by atoms with van der Waals surface area (Å²) < 4.78 is 2.38. The molecule has 1 heterocycles. The van der Waals surface area contributed by atoms with Crippen LogP contribution in [0.25, 0.3) is 44.0 Å². The van der Waals surface area contributed by atoms with E-state index in [1.165, 1.54) is 38.1 Å². The molecule has 0 radical (unpaired) electrons. The number of aryl methyl sites for hydroxylation is 1. The predicted molar refractivity (Wildman–Crippen MR) is 155 cm³/mol. The van der Waals surface area contributed by atoms with Gasteiger partial charge in [0.15, 0.2) is 0 Å². The minimum Gasteiger partial charge on any atom is -0.334 e. The average molecular weight is 466 g/mol. The maximum atomic E-state index is 4.72. The second-order valence-electron chi connectivity index (χ2n) is 9.15. The zero-order chi connectivity index (χ0) is 24.6. The van der Waals surface area contributed by atoms with Crippen LogP contribution in [0.3, 0.4) is 0 Å². The Morgan fingerprint density at radius 2 is 1.47 bits per heavy atom. The van der Waals surface area contributed by atoms with E-state index in [9.17, 15) is 0 Å². The second kappa shape index (κ2) is 8.86. The van der Waals surface area contributed by atoms with Crippen molar-refractivity contribution in [3.05, 3.63) is 127 Å². The van der Waals surface area contributed by atoms with Gasteiger partial charge in [-0.05, 0) is 47.0 Å². The lowest BCUT2D eigenvalue weighted by molar-refractivity contribution is 1.16. The molecule has 0 atom stereocenters. The number of benzene rings is 5. The van der Waals surface area contributed by atoms with Gasteiger partial charge < -0.3 is 9.47 Å². The Morgan fingerprint density at radius 3 is 2.25 bits per heavy atom. The van der Waals surface area contributed by atoms with Crippen LogP contribution in [0, 0.1) is 6.92 Å². The summed E-state index contributed by atoms with van der Waals surface area (Å²) in [4.78, 5) is 6.84. The van der Waals surface area contributed by atoms with Crippen LogP contribution in [0.15, 0.2) is 121 Å². The molecule has 0 saturated carbocycles. The molecule has 0 saturated heterocycles. The number of nitrogens with zero attached hydrogens (tertiary/aromatic N) is 3. The van der Waals surface area contributed by atoms with Gasteiger partial charge in [0.1, 0.15) is 0 Å². The van der Waals surface area contributed by atoms with Crippen molar-refractivity contribution in [3.8, 4) is 5.69 Å². The summed E-state index contributed by atoms with van der Waals surface area (Å²) in [6.07, 6.45) is 1.88. The van der Waals surface area contributed by atoms with Gasteiger partial charge in [0.05, 0.1) is 28.8 Å². The Labute approximate surface area is 211 Å². The van der Waals surface area contributed by atoms with Crippen LogP contribution in [-0.2, 0) is 0 Å². The first-order valence-corrected chi connectivity index (χ1v) is 12.2. The molecular weight excluding hydrogens is 438 g/mol. The number of hydrogen-bond acceptors (Lipinski definition) is 1. The van der Waals surface area contributed by atoms with Crippen molar-refractivity contribution in [2.24, 2.45) is 4.99 Å². The molecule has 174 valence electrons. The van der Waals surface area contributed by atoms with Crippen molar-refractivity contribution >= 4 is 50.3 Å². The smallest absolute Gasteiger partial charge is 0.0954 e. The summed E-state index contributed by atoms with van der Waals surface area (Å²) in [5.41, 5.74) is 7.57. The van der Waals surface area contributed by atoms with Gasteiger partial charge in [0.25, 0.3) is 0 Å². The maximum Gasteiger partial charge on any atom is 0.0954 e. The largest absolute Gasteiger partial charge is 0.334 e. The first kappa shape index (κ1) is 21.9. The van der Waals surface area contributed by atoms with E-state index in [0.717, 1.165) is 22.6 Å². The Hall–Kier alpha value is -4.63. The van der Waals surface area contributed by atoms with Crippen LogP contribution < -0.4 is 4.90 Å². The van der Waals surface area contributed by atoms with Gasteiger partial charge in [-0.25, -0.2) is 4.99 Å². The summed E-state index contributed by atoms with van der Waals surface area (Å²) in [7, 11) is 2.06. The van der Waals surface area contributed by atoms with E-state index in [2.05, 4.69) is 109 Å². The molecule has 0 bridgehead atoms. The Kier molecular flexibility index (Phi) is 5.38. The highest BCUT2D eigenvalue weighted by molar-refractivity contribution is 6.24. The van der Waals surface area contributed by atoms with E-state index in [4.69, 9.17) is 4.99 Å². The lowest BCUT2D eigenvalue weighted by Crippen LogP contribution is -2.17. The Bertz CT molecular complexity index is 1760. The van der Waals surface area contributed by atoms with Crippen LogP contribution in [0.4, 0.5) is 5.69 Å². The number of hydrogen-bond donors (Lipinski definition) is 0. The van der Waals surface area contributed by atoms with Crippen LogP contribution in [0.2, 0.25) is 0 Å². The molecule has 0 N–H and O–H groups in total. The quantitative estimate of drug-likeness (QED) is 0.185. The number of aliphatic imine (C=N–C) groups is 1. The van der Waals surface area contributed by atoms with E-state index >= 15 is 0 Å². The Morgan fingerprint density at radius 1 is 0.778 bits per heavy atom. The topological polar surface area (TPSA) is 20.5 Å². The highest BCUT2D eigenvalue weighted by Crippen LogP contribution is 2.41. The number of anilines is 1. The average Bonchev–Trinajstić information content (AvgIpc) is 3.27. The number of rotatable bonds is 5. The highest BCUT2D eigenvalue weighted by Gasteiger charge is 2.20. The molecule has 3 nitrogen and oxygen atoms in total. The molecule has 0 aliphatic carbocycles. The summed E-state index contributed by atoms with van der Waals surface area (Å²) in [6.45, 7) is 6.34. The van der Waals surface area contributed by atoms with Crippen LogP contribution in [0.1, 0.15) is 11.1 Å². The lowest BCUT2D eigenvalue weighted by atomic mass is 10.0. The lowest BCUT2D eigenvalue weighted by Gasteiger charge is -2.20. The molecule has 1 aromatic heterocycles. The molecule has 0 amide bonds. The number of fused-ring (bicyclic) bond motifs is 5. The normalized spacial score (nSPS) is 11.6. The standard InChI is InChI=1S/C33H27N3/c1-23-18-20-29-31-28-17-11-10-14-26(28)19-21-30(31)36(27-15-8-5-9-16-27)33(29)32(23)35(3)22-34-24(2)25-12-6-4-7-13-25/h4-22H,2H2,1,3H3. The fourth-order valence-corrected chi connectivity index (χ4v) is 5.17. The third-order valence-corrected chi connectivity index (χ3v) is 6.85. The zero-order valence-corrected chi connectivity index (χ0v) is 20.5. The number of aromatic nitrogens is 1. The fourth-order valence-electron chi connectivity index (χ4n) is 5.17. The SMILES string of the molecule is C=C(N=CN(C)c1c(C)ccc2c3c4ccccc4ccc3n(-c3ccccc3)c12)c1ccccc1. The summed E-state index contributed by atoms with van der Waals surface area (Å²) in [6, 6.07) is 38.2. The summed E-state index contributed by atoms with van der Waals surface area (Å²) >= 11 is 0. The molecule has 0 unspecified atom stereocenters. The van der Waals surface area contributed by atoms with Crippen LogP contribution in [-0.4, -0.2) is 18.0 Å². The fraction of sp³-hybridized carbons (Fsp3) is 0.0606. The van der Waals surface area contributed by atoms with E-state index in [1.807, 2.05) is 36.7 Å². The monoisotopic (exact) mass is 465 g/mol. The van der Waals surface area contributed by atoms with Gasteiger partial charge in [-0.1, -0.05) is 97.6 Å². The van der Waals surface area contributed by atoms with E-state index in [-0.39, 0.29) is 0 Å². The molecule has 3 heteroatoms. The van der Waals surface area contributed by atoms with Gasteiger partial charge in [0.2, 0.25) is 0 Å². The minimum atomic E-state index is 0.738. The first-order valence-electron chi connectivity index (χ1n) is 12.2. The zero-order valence-electron chi connectivity index (χ0n) is 20.5. The predicted octanol–water partition coefficient (Wildman–Crippen LogP) is 8.38. The van der Waals surface area contributed by atoms with Crippen molar-refractivity contribution in [3.63, 3.8) is 0 Å². The Balaban J connectivity index is 1.63. The highest BCUT2D eigenvalue weighted by atomic mass is 15.2.